The molecule has 0 radical (unpaired) electrons. The molecule has 0 atom stereocenters. The van der Waals surface area contributed by atoms with Crippen molar-refractivity contribution < 1.29 is 19.0 Å². The van der Waals surface area contributed by atoms with Crippen LogP contribution in [0.25, 0.3) is 11.4 Å². The van der Waals surface area contributed by atoms with Crippen LogP contribution in [0.5, 0.6) is 0 Å². The molecular weight excluding hydrogens is 380 g/mol. The van der Waals surface area contributed by atoms with Gasteiger partial charge in [-0.2, -0.15) is 4.98 Å². The van der Waals surface area contributed by atoms with Crippen molar-refractivity contribution in [3.8, 4) is 11.4 Å². The molecule has 2 aromatic carbocycles. The van der Waals surface area contributed by atoms with E-state index in [1.54, 1.807) is 0 Å². The van der Waals surface area contributed by atoms with Gasteiger partial charge < -0.3 is 19.5 Å². The maximum Gasteiger partial charge on any atom is 0.227 e. The Morgan fingerprint density at radius 1 is 1.00 bits per heavy atom. The first-order chi connectivity index (χ1) is 14.8. The van der Waals surface area contributed by atoms with Crippen molar-refractivity contribution in [3.63, 3.8) is 0 Å². The quantitative estimate of drug-likeness (QED) is 0.590. The van der Waals surface area contributed by atoms with E-state index in [-0.39, 0.29) is 5.91 Å². The summed E-state index contributed by atoms with van der Waals surface area (Å²) < 4.78 is 10.7. The summed E-state index contributed by atoms with van der Waals surface area (Å²) in [6.07, 6.45) is 0.735. The molecule has 4 rings (SSSR count). The van der Waals surface area contributed by atoms with Crippen LogP contribution in [0, 0.1) is 0 Å². The molecule has 30 heavy (non-hydrogen) atoms. The SMILES string of the molecule is O=C(CCc1nc(-c2ccccc2)no1)NCc1ccccc1C[NH+]1CCOCC1. The number of carbonyl (C=O) groups excluding carboxylic acids is 1. The number of nitrogens with one attached hydrogen (secondary N) is 2. The van der Waals surface area contributed by atoms with Crippen molar-refractivity contribution in [1.29, 1.82) is 0 Å². The summed E-state index contributed by atoms with van der Waals surface area (Å²) in [5, 5.41) is 7.02. The molecule has 0 saturated carbocycles. The van der Waals surface area contributed by atoms with Gasteiger partial charge in [0.15, 0.2) is 0 Å². The highest BCUT2D eigenvalue weighted by Gasteiger charge is 2.16. The van der Waals surface area contributed by atoms with E-state index in [4.69, 9.17) is 9.26 Å². The van der Waals surface area contributed by atoms with Gasteiger partial charge >= 0.3 is 0 Å². The summed E-state index contributed by atoms with van der Waals surface area (Å²) in [6.45, 7) is 5.16. The summed E-state index contributed by atoms with van der Waals surface area (Å²) in [5.41, 5.74) is 3.34. The van der Waals surface area contributed by atoms with Gasteiger partial charge in [0.1, 0.15) is 19.6 Å². The molecule has 0 bridgehead atoms. The van der Waals surface area contributed by atoms with Crippen molar-refractivity contribution in [1.82, 2.24) is 15.5 Å². The van der Waals surface area contributed by atoms with Crippen LogP contribution in [-0.2, 0) is 29.0 Å². The molecule has 2 heterocycles. The second kappa shape index (κ2) is 10.1. The molecule has 1 fully saturated rings. The number of rotatable bonds is 8. The van der Waals surface area contributed by atoms with Crippen molar-refractivity contribution in [2.75, 3.05) is 26.3 Å². The van der Waals surface area contributed by atoms with Crippen LogP contribution in [0.15, 0.2) is 59.1 Å². The fraction of sp³-hybridized carbons (Fsp3) is 0.348. The van der Waals surface area contributed by atoms with E-state index < -0.39 is 0 Å². The highest BCUT2D eigenvalue weighted by Crippen LogP contribution is 2.15. The van der Waals surface area contributed by atoms with E-state index in [1.165, 1.54) is 10.5 Å². The van der Waals surface area contributed by atoms with Crippen molar-refractivity contribution in [2.24, 2.45) is 0 Å². The monoisotopic (exact) mass is 407 g/mol. The lowest BCUT2D eigenvalue weighted by Gasteiger charge is -2.24. The van der Waals surface area contributed by atoms with Crippen LogP contribution in [0.1, 0.15) is 23.4 Å². The molecule has 156 valence electrons. The number of quaternary nitrogens is 1. The molecule has 1 aromatic heterocycles. The Balaban J connectivity index is 1.27. The first-order valence-corrected chi connectivity index (χ1v) is 10.4. The average Bonchev–Trinajstić information content (AvgIpc) is 3.28. The number of hydrogen-bond acceptors (Lipinski definition) is 5. The van der Waals surface area contributed by atoms with Gasteiger partial charge in [-0.25, -0.2) is 0 Å². The van der Waals surface area contributed by atoms with Gasteiger partial charge in [0, 0.05) is 30.5 Å². The molecule has 3 aromatic rings. The lowest BCUT2D eigenvalue weighted by Crippen LogP contribution is -3.12. The van der Waals surface area contributed by atoms with Gasteiger partial charge in [-0.05, 0) is 5.56 Å². The molecule has 2 N–H and O–H groups in total. The van der Waals surface area contributed by atoms with Gasteiger partial charge in [0.05, 0.1) is 13.2 Å². The molecule has 7 heteroatoms. The number of aromatic nitrogens is 2. The minimum absolute atomic E-state index is 0.0250. The Morgan fingerprint density at radius 3 is 2.53 bits per heavy atom. The number of aryl methyl sites for hydroxylation is 1. The van der Waals surface area contributed by atoms with Gasteiger partial charge in [-0.3, -0.25) is 4.79 Å². The van der Waals surface area contributed by atoms with Crippen LogP contribution >= 0.6 is 0 Å². The largest absolute Gasteiger partial charge is 0.370 e. The first-order valence-electron chi connectivity index (χ1n) is 10.4. The smallest absolute Gasteiger partial charge is 0.227 e. The van der Waals surface area contributed by atoms with E-state index in [0.29, 0.717) is 31.1 Å². The fourth-order valence-electron chi connectivity index (χ4n) is 3.57. The number of ether oxygens (including phenoxy) is 1. The third-order valence-corrected chi connectivity index (χ3v) is 5.30. The second-order valence-electron chi connectivity index (χ2n) is 7.46. The van der Waals surface area contributed by atoms with E-state index in [9.17, 15) is 4.79 Å². The summed E-state index contributed by atoms with van der Waals surface area (Å²) in [6, 6.07) is 18.0. The number of morpholine rings is 1. The molecule has 1 amide bonds. The fourth-order valence-corrected chi connectivity index (χ4v) is 3.57. The van der Waals surface area contributed by atoms with E-state index in [2.05, 4.69) is 33.7 Å². The molecule has 0 spiro atoms. The maximum absolute atomic E-state index is 12.3. The normalized spacial score (nSPS) is 14.5. The number of hydrogen-bond donors (Lipinski definition) is 2. The Labute approximate surface area is 176 Å². The van der Waals surface area contributed by atoms with Gasteiger partial charge in [-0.1, -0.05) is 59.8 Å². The topological polar surface area (TPSA) is 81.7 Å². The molecule has 1 saturated heterocycles. The molecule has 0 aliphatic carbocycles. The predicted molar refractivity (Wildman–Crippen MR) is 112 cm³/mol. The molecule has 7 nitrogen and oxygen atoms in total. The van der Waals surface area contributed by atoms with Gasteiger partial charge in [-0.15, -0.1) is 0 Å². The van der Waals surface area contributed by atoms with E-state index in [0.717, 1.165) is 44.0 Å². The Hall–Kier alpha value is -3.03. The van der Waals surface area contributed by atoms with E-state index >= 15 is 0 Å². The van der Waals surface area contributed by atoms with Crippen molar-refractivity contribution in [3.05, 3.63) is 71.6 Å². The van der Waals surface area contributed by atoms with Crippen LogP contribution in [-0.4, -0.2) is 42.4 Å². The summed E-state index contributed by atoms with van der Waals surface area (Å²) in [7, 11) is 0. The number of amides is 1. The van der Waals surface area contributed by atoms with Crippen molar-refractivity contribution in [2.45, 2.75) is 25.9 Å². The Kier molecular flexibility index (Phi) is 6.84. The summed E-state index contributed by atoms with van der Waals surface area (Å²) >= 11 is 0. The lowest BCUT2D eigenvalue weighted by atomic mass is 10.1. The zero-order valence-corrected chi connectivity index (χ0v) is 17.0. The van der Waals surface area contributed by atoms with Crippen LogP contribution in [0.4, 0.5) is 0 Å². The molecule has 1 aliphatic rings. The minimum Gasteiger partial charge on any atom is -0.370 e. The molecule has 1 aliphatic heterocycles. The zero-order valence-electron chi connectivity index (χ0n) is 17.0. The van der Waals surface area contributed by atoms with E-state index in [1.807, 2.05) is 36.4 Å². The van der Waals surface area contributed by atoms with Crippen LogP contribution in [0.3, 0.4) is 0 Å². The highest BCUT2D eigenvalue weighted by atomic mass is 16.5. The second-order valence-corrected chi connectivity index (χ2v) is 7.46. The third-order valence-electron chi connectivity index (χ3n) is 5.30. The third kappa shape index (κ3) is 5.52. The van der Waals surface area contributed by atoms with Crippen LogP contribution < -0.4 is 10.2 Å². The first kappa shape index (κ1) is 20.3. The van der Waals surface area contributed by atoms with Crippen molar-refractivity contribution >= 4 is 5.91 Å². The number of nitrogens with zero attached hydrogens (tertiary/aromatic N) is 2. The maximum atomic E-state index is 12.3. The summed E-state index contributed by atoms with van der Waals surface area (Å²) in [5.74, 6) is 0.994. The predicted octanol–water partition coefficient (Wildman–Crippen LogP) is 1.40. The molecule has 0 unspecified atom stereocenters. The Bertz CT molecular complexity index is 952. The van der Waals surface area contributed by atoms with Crippen LogP contribution in [0.2, 0.25) is 0 Å². The number of benzene rings is 2. The summed E-state index contributed by atoms with van der Waals surface area (Å²) in [4.78, 5) is 18.2. The lowest BCUT2D eigenvalue weighted by molar-refractivity contribution is -0.921. The Morgan fingerprint density at radius 2 is 1.73 bits per heavy atom. The van der Waals surface area contributed by atoms with Gasteiger partial charge in [0.25, 0.3) is 0 Å². The average molecular weight is 407 g/mol. The minimum atomic E-state index is -0.0250. The highest BCUT2D eigenvalue weighted by molar-refractivity contribution is 5.76. The zero-order chi connectivity index (χ0) is 20.6. The van der Waals surface area contributed by atoms with Gasteiger partial charge in [0.2, 0.25) is 17.6 Å². The standard InChI is InChI=1S/C23H26N4O3/c28-21(10-11-22-25-23(26-30-22)18-6-2-1-3-7-18)24-16-19-8-4-5-9-20(19)17-27-12-14-29-15-13-27/h1-9H,10-17H2,(H,24,28)/p+1. The molecular formula is C23H27N4O3+. The number of carbonyl (C=O) groups is 1.